The van der Waals surface area contributed by atoms with E-state index in [0.717, 1.165) is 17.8 Å². The summed E-state index contributed by atoms with van der Waals surface area (Å²) in [5, 5.41) is 0. The third-order valence-corrected chi connectivity index (χ3v) is 4.48. The van der Waals surface area contributed by atoms with Gasteiger partial charge in [-0.2, -0.15) is 0 Å². The average Bonchev–Trinajstić information content (AvgIpc) is 2.31. The van der Waals surface area contributed by atoms with Gasteiger partial charge in [-0.25, -0.2) is 0 Å². The Hall–Kier alpha value is -0.0800. The summed E-state index contributed by atoms with van der Waals surface area (Å²) in [5.41, 5.74) is 6.31. The van der Waals surface area contributed by atoms with Crippen LogP contribution in [0.3, 0.4) is 0 Å². The zero-order valence-electron chi connectivity index (χ0n) is 13.0. The molecule has 0 saturated heterocycles. The molecule has 18 heavy (non-hydrogen) atoms. The van der Waals surface area contributed by atoms with E-state index in [1.54, 1.807) is 0 Å². The molecule has 1 aliphatic carbocycles. The summed E-state index contributed by atoms with van der Waals surface area (Å²) < 4.78 is 0. The molecule has 2 N–H and O–H groups in total. The molecule has 108 valence electrons. The van der Waals surface area contributed by atoms with Crippen LogP contribution in [0.5, 0.6) is 0 Å². The standard InChI is InChI=1S/C16H34N2/c1-5-6-14-7-8-16(17)15(11-14)12-18(4)10-9-13(2)3/h13-16H,5-12,17H2,1-4H3. The van der Waals surface area contributed by atoms with Crippen LogP contribution in [0.2, 0.25) is 0 Å². The highest BCUT2D eigenvalue weighted by Crippen LogP contribution is 2.31. The van der Waals surface area contributed by atoms with Gasteiger partial charge in [-0.1, -0.05) is 33.6 Å². The lowest BCUT2D eigenvalue weighted by Crippen LogP contribution is -2.42. The van der Waals surface area contributed by atoms with Gasteiger partial charge in [0.05, 0.1) is 0 Å². The first-order chi connectivity index (χ1) is 8.52. The molecule has 2 heteroatoms. The summed E-state index contributed by atoms with van der Waals surface area (Å²) in [6.07, 6.45) is 8.00. The molecule has 1 aliphatic rings. The SMILES string of the molecule is CCCC1CCC(N)C(CN(C)CCC(C)C)C1. The fraction of sp³-hybridized carbons (Fsp3) is 1.00. The Morgan fingerprint density at radius 1 is 1.28 bits per heavy atom. The maximum atomic E-state index is 6.31. The van der Waals surface area contributed by atoms with Crippen LogP contribution in [0, 0.1) is 17.8 Å². The average molecular weight is 254 g/mol. The quantitative estimate of drug-likeness (QED) is 0.753. The minimum absolute atomic E-state index is 0.444. The van der Waals surface area contributed by atoms with Gasteiger partial charge in [0.1, 0.15) is 0 Å². The first-order valence-corrected chi connectivity index (χ1v) is 7.97. The van der Waals surface area contributed by atoms with Crippen molar-refractivity contribution in [3.05, 3.63) is 0 Å². The smallest absolute Gasteiger partial charge is 0.00795 e. The predicted octanol–water partition coefficient (Wildman–Crippen LogP) is 3.51. The van der Waals surface area contributed by atoms with E-state index < -0.39 is 0 Å². The van der Waals surface area contributed by atoms with Gasteiger partial charge in [0.25, 0.3) is 0 Å². The summed E-state index contributed by atoms with van der Waals surface area (Å²) in [4.78, 5) is 2.50. The Labute approximate surface area is 114 Å². The molecular weight excluding hydrogens is 220 g/mol. The van der Waals surface area contributed by atoms with Crippen LogP contribution in [0.15, 0.2) is 0 Å². The molecule has 0 bridgehead atoms. The van der Waals surface area contributed by atoms with Gasteiger partial charge >= 0.3 is 0 Å². The van der Waals surface area contributed by atoms with E-state index >= 15 is 0 Å². The fourth-order valence-electron chi connectivity index (χ4n) is 3.24. The molecule has 0 aromatic rings. The third kappa shape index (κ3) is 5.71. The van der Waals surface area contributed by atoms with Crippen molar-refractivity contribution in [3.63, 3.8) is 0 Å². The maximum Gasteiger partial charge on any atom is 0.00795 e. The molecule has 0 heterocycles. The Balaban J connectivity index is 2.33. The number of nitrogens with two attached hydrogens (primary N) is 1. The largest absolute Gasteiger partial charge is 0.327 e. The summed E-state index contributed by atoms with van der Waals surface area (Å²) in [5.74, 6) is 2.48. The molecule has 0 aliphatic heterocycles. The van der Waals surface area contributed by atoms with Crippen molar-refractivity contribution in [3.8, 4) is 0 Å². The highest BCUT2D eigenvalue weighted by atomic mass is 15.1. The Kier molecular flexibility index (Phi) is 7.25. The molecule has 0 aromatic heterocycles. The fourth-order valence-corrected chi connectivity index (χ4v) is 3.24. The molecule has 2 nitrogen and oxygen atoms in total. The second-order valence-corrected chi connectivity index (χ2v) is 6.84. The molecule has 1 saturated carbocycles. The van der Waals surface area contributed by atoms with Crippen molar-refractivity contribution in [2.45, 2.75) is 65.3 Å². The normalized spacial score (nSPS) is 29.2. The number of rotatable bonds is 7. The van der Waals surface area contributed by atoms with Crippen molar-refractivity contribution < 1.29 is 0 Å². The van der Waals surface area contributed by atoms with Crippen LogP contribution in [-0.2, 0) is 0 Å². The monoisotopic (exact) mass is 254 g/mol. The predicted molar refractivity (Wildman–Crippen MR) is 80.7 cm³/mol. The summed E-state index contributed by atoms with van der Waals surface area (Å²) >= 11 is 0. The summed E-state index contributed by atoms with van der Waals surface area (Å²) in [7, 11) is 2.26. The second-order valence-electron chi connectivity index (χ2n) is 6.84. The second kappa shape index (κ2) is 8.16. The van der Waals surface area contributed by atoms with Crippen molar-refractivity contribution >= 4 is 0 Å². The molecular formula is C16H34N2. The van der Waals surface area contributed by atoms with Crippen molar-refractivity contribution in [1.29, 1.82) is 0 Å². The van der Waals surface area contributed by atoms with Crippen LogP contribution in [0.1, 0.15) is 59.3 Å². The van der Waals surface area contributed by atoms with E-state index in [-0.39, 0.29) is 0 Å². The van der Waals surface area contributed by atoms with Crippen LogP contribution in [0.25, 0.3) is 0 Å². The molecule has 3 unspecified atom stereocenters. The molecule has 3 atom stereocenters. The molecule has 0 spiro atoms. The van der Waals surface area contributed by atoms with E-state index in [0.29, 0.717) is 6.04 Å². The Morgan fingerprint density at radius 3 is 2.61 bits per heavy atom. The topological polar surface area (TPSA) is 29.3 Å². The molecule has 1 fully saturated rings. The summed E-state index contributed by atoms with van der Waals surface area (Å²) in [6.45, 7) is 9.33. The van der Waals surface area contributed by atoms with Crippen LogP contribution in [0.4, 0.5) is 0 Å². The molecule has 0 amide bonds. The van der Waals surface area contributed by atoms with E-state index in [4.69, 9.17) is 5.73 Å². The molecule has 0 radical (unpaired) electrons. The number of hydrogen-bond donors (Lipinski definition) is 1. The van der Waals surface area contributed by atoms with Gasteiger partial charge in [0.2, 0.25) is 0 Å². The zero-order chi connectivity index (χ0) is 13.5. The number of nitrogens with zero attached hydrogens (tertiary/aromatic N) is 1. The van der Waals surface area contributed by atoms with Crippen LogP contribution in [-0.4, -0.2) is 31.1 Å². The number of hydrogen-bond acceptors (Lipinski definition) is 2. The third-order valence-electron chi connectivity index (χ3n) is 4.48. The first kappa shape index (κ1) is 16.0. The Bertz CT molecular complexity index is 215. The lowest BCUT2D eigenvalue weighted by atomic mass is 9.76. The van der Waals surface area contributed by atoms with E-state index in [2.05, 4.69) is 32.7 Å². The van der Waals surface area contributed by atoms with Crippen molar-refractivity contribution in [2.24, 2.45) is 23.5 Å². The van der Waals surface area contributed by atoms with Crippen molar-refractivity contribution in [2.75, 3.05) is 20.1 Å². The zero-order valence-corrected chi connectivity index (χ0v) is 13.0. The summed E-state index contributed by atoms with van der Waals surface area (Å²) in [6, 6.07) is 0.444. The van der Waals surface area contributed by atoms with Crippen LogP contribution >= 0.6 is 0 Å². The molecule has 1 rings (SSSR count). The van der Waals surface area contributed by atoms with Gasteiger partial charge in [0.15, 0.2) is 0 Å². The first-order valence-electron chi connectivity index (χ1n) is 7.97. The van der Waals surface area contributed by atoms with E-state index in [1.807, 2.05) is 0 Å². The lowest BCUT2D eigenvalue weighted by molar-refractivity contribution is 0.165. The van der Waals surface area contributed by atoms with Gasteiger partial charge in [-0.3, -0.25) is 0 Å². The van der Waals surface area contributed by atoms with Crippen molar-refractivity contribution in [1.82, 2.24) is 4.90 Å². The van der Waals surface area contributed by atoms with E-state index in [9.17, 15) is 0 Å². The van der Waals surface area contributed by atoms with Gasteiger partial charge in [-0.15, -0.1) is 0 Å². The highest BCUT2D eigenvalue weighted by molar-refractivity contribution is 4.84. The van der Waals surface area contributed by atoms with Gasteiger partial charge < -0.3 is 10.6 Å². The minimum atomic E-state index is 0.444. The van der Waals surface area contributed by atoms with Crippen LogP contribution < -0.4 is 5.73 Å². The minimum Gasteiger partial charge on any atom is -0.327 e. The van der Waals surface area contributed by atoms with Gasteiger partial charge in [-0.05, 0) is 57.0 Å². The lowest BCUT2D eigenvalue weighted by Gasteiger charge is -2.36. The van der Waals surface area contributed by atoms with Gasteiger partial charge in [0, 0.05) is 12.6 Å². The Morgan fingerprint density at radius 2 is 2.00 bits per heavy atom. The van der Waals surface area contributed by atoms with E-state index in [1.165, 1.54) is 51.6 Å². The molecule has 0 aromatic carbocycles. The maximum absolute atomic E-state index is 6.31. The highest BCUT2D eigenvalue weighted by Gasteiger charge is 2.28.